The van der Waals surface area contributed by atoms with Gasteiger partial charge in [-0.25, -0.2) is 9.78 Å². The number of aryl methyl sites for hydroxylation is 1. The fourth-order valence-electron chi connectivity index (χ4n) is 1.76. The molecule has 2 amide bonds. The monoisotopic (exact) mass is 297 g/mol. The number of amides is 2. The van der Waals surface area contributed by atoms with E-state index in [-0.39, 0.29) is 24.9 Å². The summed E-state index contributed by atoms with van der Waals surface area (Å²) in [5.74, 6) is 0.751. The van der Waals surface area contributed by atoms with E-state index in [0.717, 1.165) is 18.6 Å². The molecule has 0 bridgehead atoms. The van der Waals surface area contributed by atoms with Crippen molar-refractivity contribution in [2.24, 2.45) is 5.92 Å². The molecule has 0 spiro atoms. The third-order valence-electron chi connectivity index (χ3n) is 3.12. The van der Waals surface area contributed by atoms with Gasteiger partial charge < -0.3 is 20.2 Å². The molecule has 0 fully saturated rings. The van der Waals surface area contributed by atoms with E-state index in [9.17, 15) is 9.59 Å². The number of carboxylic acid groups (broad SMARTS) is 1. The molecule has 0 saturated heterocycles. The first-order chi connectivity index (χ1) is 10.0. The van der Waals surface area contributed by atoms with Crippen LogP contribution in [0.15, 0.2) is 10.6 Å². The summed E-state index contributed by atoms with van der Waals surface area (Å²) < 4.78 is 5.37. The minimum Gasteiger partial charge on any atom is -0.481 e. The number of aromatic nitrogens is 1. The second-order valence-corrected chi connectivity index (χ2v) is 5.01. The Morgan fingerprint density at radius 3 is 2.76 bits per heavy atom. The van der Waals surface area contributed by atoms with E-state index < -0.39 is 5.97 Å². The van der Waals surface area contributed by atoms with E-state index in [1.807, 2.05) is 13.8 Å². The first-order valence-corrected chi connectivity index (χ1v) is 7.18. The van der Waals surface area contributed by atoms with Crippen molar-refractivity contribution in [3.63, 3.8) is 0 Å². The van der Waals surface area contributed by atoms with Crippen LogP contribution in [0.1, 0.15) is 44.8 Å². The topological polar surface area (TPSA) is 104 Å². The predicted molar refractivity (Wildman–Crippen MR) is 76.8 cm³/mol. The maximum absolute atomic E-state index is 11.6. The molecule has 7 heteroatoms. The van der Waals surface area contributed by atoms with Gasteiger partial charge in [-0.15, -0.1) is 0 Å². The Morgan fingerprint density at radius 1 is 1.38 bits per heavy atom. The van der Waals surface area contributed by atoms with Crippen LogP contribution in [0.5, 0.6) is 0 Å². The number of rotatable bonds is 9. The average Bonchev–Trinajstić information content (AvgIpc) is 2.91. The SMILES string of the molecule is CCc1cnc(CNC(=O)NCCC(C)CCC(=O)O)o1. The third-order valence-corrected chi connectivity index (χ3v) is 3.12. The van der Waals surface area contributed by atoms with Crippen LogP contribution in [0.25, 0.3) is 0 Å². The molecule has 1 heterocycles. The van der Waals surface area contributed by atoms with Crippen LogP contribution in [-0.2, 0) is 17.8 Å². The molecule has 1 atom stereocenters. The fourth-order valence-corrected chi connectivity index (χ4v) is 1.76. The van der Waals surface area contributed by atoms with Gasteiger partial charge in [0, 0.05) is 19.4 Å². The summed E-state index contributed by atoms with van der Waals surface area (Å²) in [4.78, 5) is 26.0. The zero-order chi connectivity index (χ0) is 15.7. The summed E-state index contributed by atoms with van der Waals surface area (Å²) in [5.41, 5.74) is 0. The fraction of sp³-hybridized carbons (Fsp3) is 0.643. The summed E-state index contributed by atoms with van der Waals surface area (Å²) in [7, 11) is 0. The lowest BCUT2D eigenvalue weighted by Crippen LogP contribution is -2.36. The highest BCUT2D eigenvalue weighted by atomic mass is 16.4. The number of hydrogen-bond donors (Lipinski definition) is 3. The first kappa shape index (κ1) is 17.0. The van der Waals surface area contributed by atoms with Crippen LogP contribution in [0, 0.1) is 5.92 Å². The maximum Gasteiger partial charge on any atom is 0.315 e. The maximum atomic E-state index is 11.6. The second-order valence-electron chi connectivity index (χ2n) is 5.01. The van der Waals surface area contributed by atoms with Gasteiger partial charge >= 0.3 is 12.0 Å². The van der Waals surface area contributed by atoms with Gasteiger partial charge in [0.1, 0.15) is 5.76 Å². The van der Waals surface area contributed by atoms with Crippen LogP contribution < -0.4 is 10.6 Å². The number of hydrogen-bond acceptors (Lipinski definition) is 4. The zero-order valence-corrected chi connectivity index (χ0v) is 12.5. The summed E-state index contributed by atoms with van der Waals surface area (Å²) in [6.45, 7) is 4.70. The minimum atomic E-state index is -0.787. The van der Waals surface area contributed by atoms with Crippen molar-refractivity contribution >= 4 is 12.0 Å². The molecule has 0 aliphatic rings. The van der Waals surface area contributed by atoms with Crippen molar-refractivity contribution in [3.8, 4) is 0 Å². The zero-order valence-electron chi connectivity index (χ0n) is 12.5. The Morgan fingerprint density at radius 2 is 2.14 bits per heavy atom. The first-order valence-electron chi connectivity index (χ1n) is 7.18. The van der Waals surface area contributed by atoms with Crippen molar-refractivity contribution in [2.75, 3.05) is 6.54 Å². The van der Waals surface area contributed by atoms with Crippen molar-refractivity contribution in [1.29, 1.82) is 0 Å². The highest BCUT2D eigenvalue weighted by molar-refractivity contribution is 5.73. The van der Waals surface area contributed by atoms with Crippen LogP contribution in [0.3, 0.4) is 0 Å². The van der Waals surface area contributed by atoms with Gasteiger partial charge in [0.2, 0.25) is 5.89 Å². The molecule has 0 radical (unpaired) electrons. The molecule has 118 valence electrons. The number of oxazole rings is 1. The molecule has 0 saturated carbocycles. The number of aliphatic carboxylic acids is 1. The van der Waals surface area contributed by atoms with E-state index in [2.05, 4.69) is 15.6 Å². The van der Waals surface area contributed by atoms with Crippen LogP contribution in [0.2, 0.25) is 0 Å². The van der Waals surface area contributed by atoms with Crippen LogP contribution >= 0.6 is 0 Å². The lowest BCUT2D eigenvalue weighted by molar-refractivity contribution is -0.137. The molecule has 0 aliphatic heterocycles. The highest BCUT2D eigenvalue weighted by Crippen LogP contribution is 2.09. The highest BCUT2D eigenvalue weighted by Gasteiger charge is 2.08. The van der Waals surface area contributed by atoms with Crippen molar-refractivity contribution in [3.05, 3.63) is 17.8 Å². The van der Waals surface area contributed by atoms with E-state index in [0.29, 0.717) is 18.9 Å². The molecule has 21 heavy (non-hydrogen) atoms. The molecule has 0 aliphatic carbocycles. The van der Waals surface area contributed by atoms with Crippen molar-refractivity contribution in [2.45, 2.75) is 46.1 Å². The average molecular weight is 297 g/mol. The van der Waals surface area contributed by atoms with Gasteiger partial charge in [0.25, 0.3) is 0 Å². The van der Waals surface area contributed by atoms with Gasteiger partial charge in [-0.1, -0.05) is 13.8 Å². The predicted octanol–water partition coefficient (Wildman–Crippen LogP) is 1.93. The van der Waals surface area contributed by atoms with E-state index in [4.69, 9.17) is 9.52 Å². The molecular formula is C14H23N3O4. The summed E-state index contributed by atoms with van der Waals surface area (Å²) >= 11 is 0. The quantitative estimate of drug-likeness (QED) is 0.646. The normalized spacial score (nSPS) is 11.9. The Kier molecular flexibility index (Phi) is 7.28. The Balaban J connectivity index is 2.12. The lowest BCUT2D eigenvalue weighted by atomic mass is 10.0. The van der Waals surface area contributed by atoms with Gasteiger partial charge in [-0.05, 0) is 18.8 Å². The summed E-state index contributed by atoms with van der Waals surface area (Å²) in [6, 6.07) is -0.281. The third kappa shape index (κ3) is 7.34. The Labute approximate surface area is 124 Å². The molecule has 1 aromatic rings. The number of carbonyl (C=O) groups is 2. The smallest absolute Gasteiger partial charge is 0.315 e. The molecule has 3 N–H and O–H groups in total. The van der Waals surface area contributed by atoms with Gasteiger partial charge in [0.05, 0.1) is 12.7 Å². The van der Waals surface area contributed by atoms with Gasteiger partial charge in [-0.2, -0.15) is 0 Å². The van der Waals surface area contributed by atoms with Crippen LogP contribution in [-0.4, -0.2) is 28.6 Å². The molecule has 0 aromatic carbocycles. The summed E-state index contributed by atoms with van der Waals surface area (Å²) in [6.07, 6.45) is 3.96. The number of carboxylic acids is 1. The molecule has 7 nitrogen and oxygen atoms in total. The largest absolute Gasteiger partial charge is 0.481 e. The summed E-state index contributed by atoms with van der Waals surface area (Å²) in [5, 5.41) is 14.0. The van der Waals surface area contributed by atoms with Crippen molar-refractivity contribution in [1.82, 2.24) is 15.6 Å². The number of nitrogens with zero attached hydrogens (tertiary/aromatic N) is 1. The van der Waals surface area contributed by atoms with E-state index in [1.54, 1.807) is 6.20 Å². The lowest BCUT2D eigenvalue weighted by Gasteiger charge is -2.11. The van der Waals surface area contributed by atoms with E-state index in [1.165, 1.54) is 0 Å². The van der Waals surface area contributed by atoms with Crippen LogP contribution in [0.4, 0.5) is 4.79 Å². The molecule has 1 aromatic heterocycles. The number of urea groups is 1. The number of nitrogens with one attached hydrogen (secondary N) is 2. The molecule has 1 unspecified atom stereocenters. The number of carbonyl (C=O) groups excluding carboxylic acids is 1. The Hall–Kier alpha value is -2.05. The molecular weight excluding hydrogens is 274 g/mol. The standard InChI is InChI=1S/C14H23N3O4/c1-3-11-8-16-12(21-11)9-17-14(20)15-7-6-10(2)4-5-13(18)19/h8,10H,3-7,9H2,1-2H3,(H,18,19)(H2,15,17,20). The van der Waals surface area contributed by atoms with Gasteiger partial charge in [-0.3, -0.25) is 4.79 Å². The van der Waals surface area contributed by atoms with E-state index >= 15 is 0 Å². The minimum absolute atomic E-state index is 0.164. The van der Waals surface area contributed by atoms with Gasteiger partial charge in [0.15, 0.2) is 0 Å². The molecule has 1 rings (SSSR count). The second kappa shape index (κ2) is 8.99. The Bertz CT molecular complexity index is 459. The van der Waals surface area contributed by atoms with Crippen molar-refractivity contribution < 1.29 is 19.1 Å².